The van der Waals surface area contributed by atoms with E-state index in [1.807, 2.05) is 0 Å². The minimum absolute atomic E-state index is 0.714. The molecule has 0 radical (unpaired) electrons. The maximum atomic E-state index is 5.84. The van der Waals surface area contributed by atoms with Gasteiger partial charge in [0.05, 0.1) is 6.61 Å². The van der Waals surface area contributed by atoms with Crippen molar-refractivity contribution in [2.45, 2.75) is 45.2 Å². The highest BCUT2D eigenvalue weighted by Crippen LogP contribution is 2.34. The highest BCUT2D eigenvalue weighted by Gasteiger charge is 2.22. The molecule has 0 aliphatic carbocycles. The first-order valence-electron chi connectivity index (χ1n) is 8.16. The largest absolute Gasteiger partial charge is 0.493 e. The summed E-state index contributed by atoms with van der Waals surface area (Å²) < 4.78 is 7.02. The van der Waals surface area contributed by atoms with E-state index in [0.717, 1.165) is 31.9 Å². The molecule has 0 amide bonds. The molecule has 0 aromatic heterocycles. The standard InChI is InChI=1S/C17H25BrN2O/c1-2-6-19-16-3-7-20(8-4-16)12-14-11-15(18)10-13-5-9-21-17(13)14/h10-11,16,19H,2-9,12H2,1H3. The Labute approximate surface area is 136 Å². The van der Waals surface area contributed by atoms with Crippen LogP contribution < -0.4 is 10.1 Å². The minimum Gasteiger partial charge on any atom is -0.493 e. The number of nitrogens with zero attached hydrogens (tertiary/aromatic N) is 1. The molecule has 0 unspecified atom stereocenters. The molecule has 3 rings (SSSR count). The Hall–Kier alpha value is -0.580. The zero-order valence-corrected chi connectivity index (χ0v) is 14.4. The molecule has 1 aromatic carbocycles. The van der Waals surface area contributed by atoms with Crippen molar-refractivity contribution in [3.05, 3.63) is 27.7 Å². The number of halogens is 1. The Morgan fingerprint density at radius 1 is 1.33 bits per heavy atom. The van der Waals surface area contributed by atoms with Gasteiger partial charge in [0.1, 0.15) is 5.75 Å². The van der Waals surface area contributed by atoms with Gasteiger partial charge in [-0.15, -0.1) is 0 Å². The van der Waals surface area contributed by atoms with Crippen molar-refractivity contribution in [3.8, 4) is 5.75 Å². The Balaban J connectivity index is 1.59. The number of benzene rings is 1. The van der Waals surface area contributed by atoms with E-state index >= 15 is 0 Å². The van der Waals surface area contributed by atoms with Gasteiger partial charge in [-0.3, -0.25) is 4.90 Å². The van der Waals surface area contributed by atoms with Crippen LogP contribution in [0.3, 0.4) is 0 Å². The van der Waals surface area contributed by atoms with Crippen LogP contribution in [0.5, 0.6) is 5.75 Å². The number of hydrogen-bond donors (Lipinski definition) is 1. The third kappa shape index (κ3) is 3.79. The Morgan fingerprint density at radius 3 is 2.90 bits per heavy atom. The van der Waals surface area contributed by atoms with E-state index in [2.05, 4.69) is 45.2 Å². The van der Waals surface area contributed by atoms with Gasteiger partial charge in [0.25, 0.3) is 0 Å². The lowest BCUT2D eigenvalue weighted by Gasteiger charge is -2.32. The van der Waals surface area contributed by atoms with Crippen molar-refractivity contribution in [1.82, 2.24) is 10.2 Å². The summed E-state index contributed by atoms with van der Waals surface area (Å²) in [6.07, 6.45) is 4.79. The summed E-state index contributed by atoms with van der Waals surface area (Å²) in [4.78, 5) is 2.56. The van der Waals surface area contributed by atoms with Crippen LogP contribution in [0.1, 0.15) is 37.3 Å². The normalized spacial score (nSPS) is 19.5. The quantitative estimate of drug-likeness (QED) is 0.879. The highest BCUT2D eigenvalue weighted by atomic mass is 79.9. The van der Waals surface area contributed by atoms with E-state index in [0.29, 0.717) is 6.04 Å². The van der Waals surface area contributed by atoms with Gasteiger partial charge >= 0.3 is 0 Å². The maximum Gasteiger partial charge on any atom is 0.127 e. The van der Waals surface area contributed by atoms with E-state index < -0.39 is 0 Å². The molecule has 0 spiro atoms. The van der Waals surface area contributed by atoms with Crippen LogP contribution in [0.15, 0.2) is 16.6 Å². The first-order valence-corrected chi connectivity index (χ1v) is 8.95. The average molecular weight is 353 g/mol. The number of rotatable bonds is 5. The zero-order chi connectivity index (χ0) is 14.7. The topological polar surface area (TPSA) is 24.5 Å². The summed E-state index contributed by atoms with van der Waals surface area (Å²) in [5, 5.41) is 3.65. The van der Waals surface area contributed by atoms with Crippen LogP contribution >= 0.6 is 15.9 Å². The average Bonchev–Trinajstić information content (AvgIpc) is 2.95. The van der Waals surface area contributed by atoms with Crippen molar-refractivity contribution < 1.29 is 4.74 Å². The molecule has 2 heterocycles. The Kier molecular flexibility index (Phi) is 5.19. The van der Waals surface area contributed by atoms with Crippen molar-refractivity contribution in [3.63, 3.8) is 0 Å². The molecule has 116 valence electrons. The van der Waals surface area contributed by atoms with Crippen molar-refractivity contribution in [1.29, 1.82) is 0 Å². The third-order valence-corrected chi connectivity index (χ3v) is 4.95. The fourth-order valence-electron chi connectivity index (χ4n) is 3.35. The van der Waals surface area contributed by atoms with Gasteiger partial charge in [-0.05, 0) is 56.6 Å². The lowest BCUT2D eigenvalue weighted by Crippen LogP contribution is -2.42. The predicted octanol–water partition coefficient (Wildman–Crippen LogP) is 3.35. The number of fused-ring (bicyclic) bond motifs is 1. The molecule has 1 fully saturated rings. The van der Waals surface area contributed by atoms with E-state index in [1.54, 1.807) is 0 Å². The number of likely N-dealkylation sites (tertiary alicyclic amines) is 1. The van der Waals surface area contributed by atoms with E-state index in [-0.39, 0.29) is 0 Å². The molecule has 0 saturated carbocycles. The monoisotopic (exact) mass is 352 g/mol. The third-order valence-electron chi connectivity index (χ3n) is 4.49. The van der Waals surface area contributed by atoms with E-state index in [4.69, 9.17) is 4.74 Å². The second kappa shape index (κ2) is 7.12. The van der Waals surface area contributed by atoms with Crippen molar-refractivity contribution in [2.24, 2.45) is 0 Å². The number of hydrogen-bond acceptors (Lipinski definition) is 3. The van der Waals surface area contributed by atoms with Gasteiger partial charge in [0.2, 0.25) is 0 Å². The smallest absolute Gasteiger partial charge is 0.127 e. The molecule has 1 N–H and O–H groups in total. The fourth-order valence-corrected chi connectivity index (χ4v) is 3.90. The summed E-state index contributed by atoms with van der Waals surface area (Å²) in [5.41, 5.74) is 2.70. The molecular weight excluding hydrogens is 328 g/mol. The molecule has 2 aliphatic heterocycles. The number of ether oxygens (including phenoxy) is 1. The first kappa shape index (κ1) is 15.3. The van der Waals surface area contributed by atoms with E-state index in [9.17, 15) is 0 Å². The van der Waals surface area contributed by atoms with Gasteiger partial charge in [-0.2, -0.15) is 0 Å². The Morgan fingerprint density at radius 2 is 2.14 bits per heavy atom. The molecule has 1 aromatic rings. The second-order valence-corrected chi connectivity index (χ2v) is 7.07. The van der Waals surface area contributed by atoms with Crippen LogP contribution in [0.25, 0.3) is 0 Å². The molecule has 2 aliphatic rings. The van der Waals surface area contributed by atoms with Crippen molar-refractivity contribution in [2.75, 3.05) is 26.2 Å². The van der Waals surface area contributed by atoms with Gasteiger partial charge in [0.15, 0.2) is 0 Å². The van der Waals surface area contributed by atoms with Gasteiger partial charge < -0.3 is 10.1 Å². The molecule has 3 nitrogen and oxygen atoms in total. The lowest BCUT2D eigenvalue weighted by molar-refractivity contribution is 0.189. The second-order valence-electron chi connectivity index (χ2n) is 6.16. The summed E-state index contributed by atoms with van der Waals surface area (Å²) in [5.74, 6) is 1.14. The van der Waals surface area contributed by atoms with Crippen LogP contribution in [0.4, 0.5) is 0 Å². The Bertz CT molecular complexity index is 484. The van der Waals surface area contributed by atoms with E-state index in [1.165, 1.54) is 48.0 Å². The van der Waals surface area contributed by atoms with Crippen LogP contribution in [-0.4, -0.2) is 37.2 Å². The molecule has 0 bridgehead atoms. The molecule has 21 heavy (non-hydrogen) atoms. The minimum atomic E-state index is 0.714. The molecule has 0 atom stereocenters. The summed E-state index contributed by atoms with van der Waals surface area (Å²) in [6, 6.07) is 5.14. The summed E-state index contributed by atoms with van der Waals surface area (Å²) in [6.45, 7) is 7.60. The summed E-state index contributed by atoms with van der Waals surface area (Å²) >= 11 is 3.63. The fraction of sp³-hybridized carbons (Fsp3) is 0.647. The first-order chi connectivity index (χ1) is 10.3. The highest BCUT2D eigenvalue weighted by molar-refractivity contribution is 9.10. The predicted molar refractivity (Wildman–Crippen MR) is 89.9 cm³/mol. The SMILES string of the molecule is CCCNC1CCN(Cc2cc(Br)cc3c2OCC3)CC1. The van der Waals surface area contributed by atoms with Crippen LogP contribution in [0, 0.1) is 0 Å². The number of nitrogens with one attached hydrogen (secondary N) is 1. The molecule has 1 saturated heterocycles. The lowest BCUT2D eigenvalue weighted by atomic mass is 10.0. The van der Waals surface area contributed by atoms with Crippen LogP contribution in [0.2, 0.25) is 0 Å². The number of piperidine rings is 1. The van der Waals surface area contributed by atoms with Crippen LogP contribution in [-0.2, 0) is 13.0 Å². The summed E-state index contributed by atoms with van der Waals surface area (Å²) in [7, 11) is 0. The maximum absolute atomic E-state index is 5.84. The van der Waals surface area contributed by atoms with Crippen molar-refractivity contribution >= 4 is 15.9 Å². The molecular formula is C17H25BrN2O. The zero-order valence-electron chi connectivity index (χ0n) is 12.8. The van der Waals surface area contributed by atoms with Gasteiger partial charge in [0, 0.05) is 29.0 Å². The van der Waals surface area contributed by atoms with Gasteiger partial charge in [-0.1, -0.05) is 22.9 Å². The molecule has 4 heteroatoms. The van der Waals surface area contributed by atoms with Gasteiger partial charge in [-0.25, -0.2) is 0 Å².